The van der Waals surface area contributed by atoms with Crippen molar-refractivity contribution in [2.75, 3.05) is 7.05 Å². The van der Waals surface area contributed by atoms with Crippen LogP contribution >= 0.6 is 0 Å². The van der Waals surface area contributed by atoms with Gasteiger partial charge in [0.1, 0.15) is 5.58 Å². The van der Waals surface area contributed by atoms with Crippen molar-refractivity contribution in [2.24, 2.45) is 0 Å². The Morgan fingerprint density at radius 2 is 1.79 bits per heavy atom. The number of H-pyrrole nitrogens is 1. The number of aromatic amines is 1. The Morgan fingerprint density at radius 3 is 2.50 bits per heavy atom. The van der Waals surface area contributed by atoms with Crippen molar-refractivity contribution in [3.8, 4) is 0 Å². The number of pyridine rings is 1. The average Bonchev–Trinajstić information content (AvgIpc) is 3.12. The summed E-state index contributed by atoms with van der Waals surface area (Å²) < 4.78 is 33.0. The first-order valence-electron chi connectivity index (χ1n) is 8.63. The first-order chi connectivity index (χ1) is 13.4. The highest BCUT2D eigenvalue weighted by Gasteiger charge is 2.24. The highest BCUT2D eigenvalue weighted by Crippen LogP contribution is 2.28. The smallest absolute Gasteiger partial charge is 0.289 e. The van der Waals surface area contributed by atoms with Gasteiger partial charge in [-0.3, -0.25) is 9.59 Å². The first kappa shape index (κ1) is 17.9. The maximum atomic E-state index is 13.8. The molecule has 0 saturated heterocycles. The van der Waals surface area contributed by atoms with Crippen LogP contribution in [-0.4, -0.2) is 22.8 Å². The van der Waals surface area contributed by atoms with Crippen molar-refractivity contribution >= 4 is 27.6 Å². The van der Waals surface area contributed by atoms with Gasteiger partial charge >= 0.3 is 0 Å². The lowest BCUT2D eigenvalue weighted by molar-refractivity contribution is 0.0713. The number of carbonyl (C=O) groups excluding carboxylic acids is 1. The molecular weight excluding hydrogens is 366 g/mol. The lowest BCUT2D eigenvalue weighted by atomic mass is 10.0. The van der Waals surface area contributed by atoms with E-state index < -0.39 is 23.2 Å². The number of amides is 1. The summed E-state index contributed by atoms with van der Waals surface area (Å²) in [5.74, 6) is -2.36. The van der Waals surface area contributed by atoms with Crippen LogP contribution in [0, 0.1) is 11.6 Å². The van der Waals surface area contributed by atoms with Gasteiger partial charge in [-0.2, -0.15) is 0 Å². The normalized spacial score (nSPS) is 12.4. The Balaban J connectivity index is 1.75. The van der Waals surface area contributed by atoms with E-state index in [1.807, 2.05) is 18.2 Å². The lowest BCUT2D eigenvalue weighted by Gasteiger charge is -2.25. The fraction of sp³-hybridized carbons (Fsp3) is 0.143. The molecule has 0 aliphatic rings. The van der Waals surface area contributed by atoms with Crippen molar-refractivity contribution in [3.05, 3.63) is 82.0 Å². The van der Waals surface area contributed by atoms with E-state index in [4.69, 9.17) is 4.42 Å². The minimum atomic E-state index is -1.10. The van der Waals surface area contributed by atoms with Crippen LogP contribution < -0.4 is 5.56 Å². The average molecular weight is 382 g/mol. The summed E-state index contributed by atoms with van der Waals surface area (Å²) in [5.41, 5.74) is 0.551. The molecule has 0 spiro atoms. The second-order valence-electron chi connectivity index (χ2n) is 6.63. The van der Waals surface area contributed by atoms with Crippen LogP contribution in [0.25, 0.3) is 21.7 Å². The number of nitrogens with one attached hydrogen (secondary N) is 1. The second-order valence-corrected chi connectivity index (χ2v) is 6.63. The van der Waals surface area contributed by atoms with Crippen molar-refractivity contribution < 1.29 is 18.0 Å². The van der Waals surface area contributed by atoms with Crippen LogP contribution in [0.15, 0.2) is 57.9 Å². The number of nitrogens with zero attached hydrogens (tertiary/aromatic N) is 1. The minimum absolute atomic E-state index is 0.0211. The molecule has 0 saturated carbocycles. The number of para-hydroxylation sites is 1. The number of aromatic nitrogens is 1. The summed E-state index contributed by atoms with van der Waals surface area (Å²) >= 11 is 0. The van der Waals surface area contributed by atoms with E-state index in [1.54, 1.807) is 26.1 Å². The second kappa shape index (κ2) is 6.60. The molecule has 142 valence electrons. The van der Waals surface area contributed by atoms with Crippen molar-refractivity contribution in [1.82, 2.24) is 9.88 Å². The molecule has 0 unspecified atom stereocenters. The van der Waals surface area contributed by atoms with Gasteiger partial charge in [-0.15, -0.1) is 0 Å². The lowest BCUT2D eigenvalue weighted by Crippen LogP contribution is -2.30. The van der Waals surface area contributed by atoms with Gasteiger partial charge in [-0.05, 0) is 42.1 Å². The maximum Gasteiger partial charge on any atom is 0.289 e. The standard InChI is InChI=1S/C21H16F2N2O3/c1-11(15-10-24-20(26)14-9-17(23)16(22)8-13(14)15)25(2)21(27)19-7-12-5-3-4-6-18(12)28-19/h3-11H,1-2H3,(H,24,26)/t11-/m1/s1. The van der Waals surface area contributed by atoms with Gasteiger partial charge in [-0.25, -0.2) is 8.78 Å². The monoisotopic (exact) mass is 382 g/mol. The van der Waals surface area contributed by atoms with Gasteiger partial charge in [0.05, 0.1) is 11.4 Å². The molecule has 1 atom stereocenters. The molecule has 2 aromatic carbocycles. The van der Waals surface area contributed by atoms with E-state index in [0.29, 0.717) is 11.1 Å². The molecule has 1 amide bonds. The van der Waals surface area contributed by atoms with Gasteiger partial charge in [0.25, 0.3) is 11.5 Å². The molecule has 5 nitrogen and oxygen atoms in total. The Bertz CT molecular complexity index is 1240. The first-order valence-corrected chi connectivity index (χ1v) is 8.63. The summed E-state index contributed by atoms with van der Waals surface area (Å²) in [4.78, 5) is 28.8. The van der Waals surface area contributed by atoms with Gasteiger partial charge in [0.15, 0.2) is 17.4 Å². The highest BCUT2D eigenvalue weighted by molar-refractivity contribution is 5.96. The fourth-order valence-electron chi connectivity index (χ4n) is 3.26. The van der Waals surface area contributed by atoms with Crippen LogP contribution in [0.2, 0.25) is 0 Å². The van der Waals surface area contributed by atoms with E-state index in [1.165, 1.54) is 11.1 Å². The minimum Gasteiger partial charge on any atom is -0.451 e. The Hall–Kier alpha value is -3.48. The van der Waals surface area contributed by atoms with Gasteiger partial charge < -0.3 is 14.3 Å². The molecule has 0 bridgehead atoms. The number of hydrogen-bond acceptors (Lipinski definition) is 3. The molecule has 4 aromatic rings. The Labute approximate surface area is 158 Å². The molecule has 7 heteroatoms. The van der Waals surface area contributed by atoms with Gasteiger partial charge in [0.2, 0.25) is 0 Å². The molecule has 4 rings (SSSR count). The largest absolute Gasteiger partial charge is 0.451 e. The number of furan rings is 1. The summed E-state index contributed by atoms with van der Waals surface area (Å²) in [7, 11) is 1.58. The molecule has 28 heavy (non-hydrogen) atoms. The number of carbonyl (C=O) groups is 1. The summed E-state index contributed by atoms with van der Waals surface area (Å²) in [6.07, 6.45) is 1.41. The third-order valence-corrected chi connectivity index (χ3v) is 4.96. The molecule has 0 radical (unpaired) electrons. The molecule has 2 heterocycles. The predicted octanol–water partition coefficient (Wildman–Crippen LogP) is 4.39. The zero-order valence-electron chi connectivity index (χ0n) is 15.1. The fourth-order valence-corrected chi connectivity index (χ4v) is 3.26. The maximum absolute atomic E-state index is 13.8. The van der Waals surface area contributed by atoms with Gasteiger partial charge in [0, 0.05) is 18.6 Å². The quantitative estimate of drug-likeness (QED) is 0.572. The zero-order valence-corrected chi connectivity index (χ0v) is 15.1. The predicted molar refractivity (Wildman–Crippen MR) is 101 cm³/mol. The van der Waals surface area contributed by atoms with E-state index in [0.717, 1.165) is 17.5 Å². The molecule has 0 aliphatic carbocycles. The number of rotatable bonds is 3. The summed E-state index contributed by atoms with van der Waals surface area (Å²) in [6.45, 7) is 1.73. The summed E-state index contributed by atoms with van der Waals surface area (Å²) in [6, 6.07) is 10.2. The van der Waals surface area contributed by atoms with Crippen molar-refractivity contribution in [3.63, 3.8) is 0 Å². The molecule has 2 aromatic heterocycles. The van der Waals surface area contributed by atoms with E-state index >= 15 is 0 Å². The van der Waals surface area contributed by atoms with Crippen LogP contribution in [0.5, 0.6) is 0 Å². The Kier molecular flexibility index (Phi) is 4.22. The molecular formula is C21H16F2N2O3. The van der Waals surface area contributed by atoms with Crippen LogP contribution in [0.4, 0.5) is 8.78 Å². The van der Waals surface area contributed by atoms with Crippen LogP contribution in [0.3, 0.4) is 0 Å². The SMILES string of the molecule is C[C@H](c1c[nH]c(=O)c2cc(F)c(F)cc12)N(C)C(=O)c1cc2ccccc2o1. The van der Waals surface area contributed by atoms with Crippen LogP contribution in [0.1, 0.15) is 29.1 Å². The number of benzene rings is 2. The van der Waals surface area contributed by atoms with E-state index in [2.05, 4.69) is 4.98 Å². The zero-order chi connectivity index (χ0) is 20.0. The highest BCUT2D eigenvalue weighted by atomic mass is 19.2. The molecule has 1 N–H and O–H groups in total. The topological polar surface area (TPSA) is 66.3 Å². The van der Waals surface area contributed by atoms with Gasteiger partial charge in [-0.1, -0.05) is 18.2 Å². The van der Waals surface area contributed by atoms with E-state index in [9.17, 15) is 18.4 Å². The third kappa shape index (κ3) is 2.85. The summed E-state index contributed by atoms with van der Waals surface area (Å²) in [5, 5.41) is 1.08. The van der Waals surface area contributed by atoms with E-state index in [-0.39, 0.29) is 22.4 Å². The van der Waals surface area contributed by atoms with Crippen molar-refractivity contribution in [1.29, 1.82) is 0 Å². The number of fused-ring (bicyclic) bond motifs is 2. The Morgan fingerprint density at radius 1 is 1.11 bits per heavy atom. The number of halogens is 2. The third-order valence-electron chi connectivity index (χ3n) is 4.96. The molecule has 0 fully saturated rings. The van der Waals surface area contributed by atoms with Crippen LogP contribution in [-0.2, 0) is 0 Å². The van der Waals surface area contributed by atoms with Crippen molar-refractivity contribution in [2.45, 2.75) is 13.0 Å². The number of hydrogen-bond donors (Lipinski definition) is 1. The molecule has 0 aliphatic heterocycles.